The smallest absolute Gasteiger partial charge is 0.129 e. The molecule has 3 heteroatoms. The van der Waals surface area contributed by atoms with Crippen molar-refractivity contribution in [1.29, 1.82) is 0 Å². The average molecular weight is 284 g/mol. The lowest BCUT2D eigenvalue weighted by Gasteiger charge is -2.15. The van der Waals surface area contributed by atoms with Gasteiger partial charge in [0.1, 0.15) is 5.78 Å². The first-order valence-electron chi connectivity index (χ1n) is 8.47. The van der Waals surface area contributed by atoms with Gasteiger partial charge >= 0.3 is 0 Å². The molecule has 0 saturated heterocycles. The molecule has 3 nitrogen and oxygen atoms in total. The number of hydrogen-bond donors (Lipinski definition) is 2. The van der Waals surface area contributed by atoms with Crippen LogP contribution in [0.3, 0.4) is 0 Å². The summed E-state index contributed by atoms with van der Waals surface area (Å²) in [4.78, 5) is 10.8. The van der Waals surface area contributed by atoms with Crippen LogP contribution in [0.25, 0.3) is 0 Å². The minimum Gasteiger partial charge on any atom is -0.390 e. The topological polar surface area (TPSA) is 57.5 Å². The van der Waals surface area contributed by atoms with Crippen molar-refractivity contribution in [2.75, 3.05) is 0 Å². The third kappa shape index (κ3) is 7.39. The van der Waals surface area contributed by atoms with Crippen molar-refractivity contribution < 1.29 is 15.0 Å². The van der Waals surface area contributed by atoms with E-state index in [2.05, 4.69) is 0 Å². The highest BCUT2D eigenvalue weighted by Crippen LogP contribution is 2.30. The maximum absolute atomic E-state index is 10.8. The Morgan fingerprint density at radius 3 is 1.95 bits per heavy atom. The van der Waals surface area contributed by atoms with Crippen LogP contribution in [-0.4, -0.2) is 28.2 Å². The van der Waals surface area contributed by atoms with Gasteiger partial charge in [-0.05, 0) is 38.5 Å². The molecular formula is C17H32O3. The molecule has 0 bridgehead atoms. The second-order valence-corrected chi connectivity index (χ2v) is 6.46. The second-order valence-electron chi connectivity index (χ2n) is 6.46. The van der Waals surface area contributed by atoms with Crippen molar-refractivity contribution in [3.63, 3.8) is 0 Å². The lowest BCUT2D eigenvalue weighted by molar-refractivity contribution is -0.117. The van der Waals surface area contributed by atoms with Crippen molar-refractivity contribution in [2.45, 2.75) is 96.2 Å². The molecule has 0 heterocycles. The number of hydrogen-bond acceptors (Lipinski definition) is 3. The summed E-state index contributed by atoms with van der Waals surface area (Å²) in [7, 11) is 0. The Balaban J connectivity index is 1.82. The second kappa shape index (κ2) is 10.3. The van der Waals surface area contributed by atoms with Gasteiger partial charge in [-0.25, -0.2) is 0 Å². The molecule has 0 aromatic heterocycles. The number of aliphatic hydroxyl groups is 2. The lowest BCUT2D eigenvalue weighted by Crippen LogP contribution is -2.24. The van der Waals surface area contributed by atoms with E-state index in [4.69, 9.17) is 0 Å². The summed E-state index contributed by atoms with van der Waals surface area (Å²) in [5.74, 6) is 0.640. The van der Waals surface area contributed by atoms with Crippen molar-refractivity contribution >= 4 is 5.78 Å². The molecule has 0 aromatic rings. The molecule has 0 amide bonds. The molecule has 1 aliphatic rings. The maximum Gasteiger partial charge on any atom is 0.129 e. The van der Waals surface area contributed by atoms with Crippen LogP contribution in [0.2, 0.25) is 0 Å². The van der Waals surface area contributed by atoms with Gasteiger partial charge in [-0.2, -0.15) is 0 Å². The standard InChI is InChI=1S/C17H32O3/c1-14(18)10-8-6-4-2-3-5-7-9-11-15-12-13-16(19)17(15)20/h15-17,19-20H,2-13H2,1H3/t15-,16-,17+/m0/s1. The van der Waals surface area contributed by atoms with E-state index in [-0.39, 0.29) is 0 Å². The van der Waals surface area contributed by atoms with Crippen molar-refractivity contribution in [3.8, 4) is 0 Å². The summed E-state index contributed by atoms with van der Waals surface area (Å²) in [6.45, 7) is 1.67. The Bertz CT molecular complexity index is 265. The maximum atomic E-state index is 10.8. The number of aliphatic hydroxyl groups excluding tert-OH is 2. The molecule has 118 valence electrons. The van der Waals surface area contributed by atoms with Gasteiger partial charge in [0.2, 0.25) is 0 Å². The molecule has 1 fully saturated rings. The summed E-state index contributed by atoms with van der Waals surface area (Å²) in [5.41, 5.74) is 0. The molecule has 0 unspecified atom stereocenters. The SMILES string of the molecule is CC(=O)CCCCCCCCCC[C@H]1CC[C@H](O)[C@@H]1O. The number of rotatable bonds is 11. The largest absolute Gasteiger partial charge is 0.390 e. The fraction of sp³-hybridized carbons (Fsp3) is 0.941. The summed E-state index contributed by atoms with van der Waals surface area (Å²) < 4.78 is 0. The van der Waals surface area contributed by atoms with Crippen LogP contribution in [0.15, 0.2) is 0 Å². The van der Waals surface area contributed by atoms with Gasteiger partial charge in [0.25, 0.3) is 0 Å². The van der Waals surface area contributed by atoms with Gasteiger partial charge in [-0.15, -0.1) is 0 Å². The van der Waals surface area contributed by atoms with Crippen LogP contribution in [0, 0.1) is 5.92 Å². The predicted octanol–water partition coefficient (Wildman–Crippen LogP) is 3.61. The Morgan fingerprint density at radius 2 is 1.45 bits per heavy atom. The fourth-order valence-corrected chi connectivity index (χ4v) is 3.20. The van der Waals surface area contributed by atoms with Crippen molar-refractivity contribution in [3.05, 3.63) is 0 Å². The van der Waals surface area contributed by atoms with E-state index in [0.717, 1.165) is 32.1 Å². The summed E-state index contributed by atoms with van der Waals surface area (Å²) in [5, 5.41) is 19.2. The molecule has 0 aliphatic heterocycles. The van der Waals surface area contributed by atoms with Crippen LogP contribution < -0.4 is 0 Å². The highest BCUT2D eigenvalue weighted by atomic mass is 16.3. The lowest BCUT2D eigenvalue weighted by atomic mass is 9.97. The molecular weight excluding hydrogens is 252 g/mol. The molecule has 20 heavy (non-hydrogen) atoms. The van der Waals surface area contributed by atoms with Gasteiger partial charge in [0, 0.05) is 6.42 Å². The van der Waals surface area contributed by atoms with E-state index in [1.165, 1.54) is 44.9 Å². The van der Waals surface area contributed by atoms with E-state index >= 15 is 0 Å². The van der Waals surface area contributed by atoms with Gasteiger partial charge < -0.3 is 15.0 Å². The first-order valence-corrected chi connectivity index (χ1v) is 8.47. The highest BCUT2D eigenvalue weighted by molar-refractivity contribution is 5.75. The summed E-state index contributed by atoms with van der Waals surface area (Å²) in [6, 6.07) is 0. The molecule has 3 atom stereocenters. The molecule has 0 spiro atoms. The highest BCUT2D eigenvalue weighted by Gasteiger charge is 2.32. The zero-order chi connectivity index (χ0) is 14.8. The van der Waals surface area contributed by atoms with Crippen LogP contribution in [-0.2, 0) is 4.79 Å². The Hall–Kier alpha value is -0.410. The molecule has 1 rings (SSSR count). The Kier molecular flexibility index (Phi) is 9.12. The zero-order valence-electron chi connectivity index (χ0n) is 13.0. The summed E-state index contributed by atoms with van der Waals surface area (Å²) in [6.07, 6.45) is 12.4. The Labute approximate surface area is 123 Å². The minimum absolute atomic E-state index is 0.309. The van der Waals surface area contributed by atoms with E-state index in [9.17, 15) is 15.0 Å². The van der Waals surface area contributed by atoms with Crippen LogP contribution in [0.1, 0.15) is 84.0 Å². The van der Waals surface area contributed by atoms with Crippen LogP contribution in [0.4, 0.5) is 0 Å². The normalized spacial score (nSPS) is 26.1. The number of carbonyl (C=O) groups excluding carboxylic acids is 1. The first-order chi connectivity index (χ1) is 9.61. The van der Waals surface area contributed by atoms with E-state index < -0.39 is 12.2 Å². The number of carbonyl (C=O) groups is 1. The predicted molar refractivity (Wildman–Crippen MR) is 81.6 cm³/mol. The third-order valence-electron chi connectivity index (χ3n) is 4.56. The minimum atomic E-state index is -0.477. The fourth-order valence-electron chi connectivity index (χ4n) is 3.20. The van der Waals surface area contributed by atoms with E-state index in [0.29, 0.717) is 11.7 Å². The van der Waals surface area contributed by atoms with Crippen LogP contribution in [0.5, 0.6) is 0 Å². The zero-order valence-corrected chi connectivity index (χ0v) is 13.0. The monoisotopic (exact) mass is 284 g/mol. The molecule has 2 N–H and O–H groups in total. The molecule has 0 radical (unpaired) electrons. The van der Waals surface area contributed by atoms with Crippen LogP contribution >= 0.6 is 0 Å². The Morgan fingerprint density at radius 1 is 0.900 bits per heavy atom. The molecule has 0 aromatic carbocycles. The summed E-state index contributed by atoms with van der Waals surface area (Å²) >= 11 is 0. The molecule has 1 saturated carbocycles. The first kappa shape index (κ1) is 17.6. The van der Waals surface area contributed by atoms with Gasteiger partial charge in [-0.3, -0.25) is 0 Å². The van der Waals surface area contributed by atoms with Gasteiger partial charge in [-0.1, -0.05) is 44.9 Å². The number of unbranched alkanes of at least 4 members (excludes halogenated alkanes) is 7. The number of Topliss-reactive ketones (excluding diaryl/α,β-unsaturated/α-hetero) is 1. The van der Waals surface area contributed by atoms with Crippen molar-refractivity contribution in [1.82, 2.24) is 0 Å². The quantitative estimate of drug-likeness (QED) is 0.570. The van der Waals surface area contributed by atoms with E-state index in [1.54, 1.807) is 6.92 Å². The van der Waals surface area contributed by atoms with E-state index in [1.807, 2.05) is 0 Å². The average Bonchev–Trinajstić information content (AvgIpc) is 2.72. The molecule has 1 aliphatic carbocycles. The third-order valence-corrected chi connectivity index (χ3v) is 4.56. The number of ketones is 1. The van der Waals surface area contributed by atoms with Crippen molar-refractivity contribution in [2.24, 2.45) is 5.92 Å². The van der Waals surface area contributed by atoms with Gasteiger partial charge in [0.15, 0.2) is 0 Å². The van der Waals surface area contributed by atoms with Gasteiger partial charge in [0.05, 0.1) is 12.2 Å².